The molecule has 1 aromatic rings. The third-order valence-electron chi connectivity index (χ3n) is 2.97. The van der Waals surface area contributed by atoms with Crippen LogP contribution in [0.3, 0.4) is 0 Å². The number of aryl methyl sites for hydroxylation is 2. The average molecular weight is 251 g/mol. The van der Waals surface area contributed by atoms with Crippen LogP contribution in [-0.2, 0) is 11.2 Å². The zero-order chi connectivity index (χ0) is 13.8. The van der Waals surface area contributed by atoms with Gasteiger partial charge < -0.3 is 9.84 Å². The first-order valence-electron chi connectivity index (χ1n) is 6.19. The molecule has 0 amide bonds. The molecule has 0 aliphatic rings. The Labute approximate surface area is 108 Å². The van der Waals surface area contributed by atoms with E-state index in [0.29, 0.717) is 13.0 Å². The number of ether oxygens (including phenoxy) is 1. The van der Waals surface area contributed by atoms with Crippen LogP contribution in [0.25, 0.3) is 0 Å². The lowest BCUT2D eigenvalue weighted by Gasteiger charge is -2.19. The summed E-state index contributed by atoms with van der Waals surface area (Å²) in [5.41, 5.74) is 1.12. The van der Waals surface area contributed by atoms with Crippen molar-refractivity contribution in [1.29, 1.82) is 0 Å². The van der Waals surface area contributed by atoms with Gasteiger partial charge in [0.2, 0.25) is 0 Å². The summed E-state index contributed by atoms with van der Waals surface area (Å²) in [6.07, 6.45) is 1.28. The van der Waals surface area contributed by atoms with Gasteiger partial charge in [-0.3, -0.25) is 9.78 Å². The van der Waals surface area contributed by atoms with E-state index < -0.39 is 11.4 Å². The maximum absolute atomic E-state index is 11.0. The second-order valence-corrected chi connectivity index (χ2v) is 5.04. The van der Waals surface area contributed by atoms with E-state index in [1.54, 1.807) is 13.8 Å². The van der Waals surface area contributed by atoms with Crippen molar-refractivity contribution in [2.75, 3.05) is 6.61 Å². The predicted octanol–water partition coefficient (Wildman–Crippen LogP) is 2.83. The van der Waals surface area contributed by atoms with Crippen molar-refractivity contribution in [3.63, 3.8) is 0 Å². The van der Waals surface area contributed by atoms with Gasteiger partial charge in [0.25, 0.3) is 0 Å². The van der Waals surface area contributed by atoms with Crippen LogP contribution in [0.5, 0.6) is 5.75 Å². The Morgan fingerprint density at radius 3 is 2.67 bits per heavy atom. The molecule has 0 saturated heterocycles. The highest BCUT2D eigenvalue weighted by molar-refractivity contribution is 5.73. The number of rotatable bonds is 6. The number of carbonyl (C=O) groups is 1. The van der Waals surface area contributed by atoms with Crippen LogP contribution in [0, 0.1) is 12.3 Å². The summed E-state index contributed by atoms with van der Waals surface area (Å²) in [6, 6.07) is 3.80. The van der Waals surface area contributed by atoms with Crippen molar-refractivity contribution in [3.05, 3.63) is 23.5 Å². The summed E-state index contributed by atoms with van der Waals surface area (Å²) in [5.74, 6) is -0.0480. The lowest BCUT2D eigenvalue weighted by atomic mass is 9.90. The Morgan fingerprint density at radius 2 is 2.11 bits per heavy atom. The number of aliphatic carboxylic acids is 1. The molecule has 0 radical (unpaired) electrons. The number of carboxylic acids is 1. The van der Waals surface area contributed by atoms with Gasteiger partial charge in [-0.2, -0.15) is 0 Å². The molecule has 0 aliphatic carbocycles. The molecule has 0 spiro atoms. The van der Waals surface area contributed by atoms with Crippen LogP contribution in [0.4, 0.5) is 0 Å². The summed E-state index contributed by atoms with van der Waals surface area (Å²) in [5, 5.41) is 9.01. The van der Waals surface area contributed by atoms with Gasteiger partial charge in [-0.25, -0.2) is 0 Å². The van der Waals surface area contributed by atoms with Gasteiger partial charge in [0.1, 0.15) is 5.75 Å². The van der Waals surface area contributed by atoms with E-state index in [1.165, 1.54) is 0 Å². The van der Waals surface area contributed by atoms with E-state index in [2.05, 4.69) is 4.98 Å². The number of hydrogen-bond acceptors (Lipinski definition) is 3. The Hall–Kier alpha value is -1.58. The van der Waals surface area contributed by atoms with Crippen LogP contribution in [0.1, 0.15) is 38.6 Å². The van der Waals surface area contributed by atoms with Crippen molar-refractivity contribution < 1.29 is 14.6 Å². The Kier molecular flexibility index (Phi) is 4.70. The number of pyridine rings is 1. The molecule has 0 bridgehead atoms. The van der Waals surface area contributed by atoms with Crippen molar-refractivity contribution in [1.82, 2.24) is 4.98 Å². The summed E-state index contributed by atoms with van der Waals surface area (Å²) in [4.78, 5) is 15.4. The van der Waals surface area contributed by atoms with Crippen LogP contribution in [0.2, 0.25) is 0 Å². The van der Waals surface area contributed by atoms with Gasteiger partial charge in [0.15, 0.2) is 0 Å². The molecule has 0 atom stereocenters. The number of hydrogen-bond donors (Lipinski definition) is 1. The zero-order valence-corrected chi connectivity index (χ0v) is 11.5. The van der Waals surface area contributed by atoms with Crippen molar-refractivity contribution in [3.8, 4) is 5.75 Å². The SMILES string of the molecule is CCc1nc(C)ccc1OCCC(C)(C)C(=O)O. The first-order valence-corrected chi connectivity index (χ1v) is 6.19. The molecule has 18 heavy (non-hydrogen) atoms. The quantitative estimate of drug-likeness (QED) is 0.844. The smallest absolute Gasteiger partial charge is 0.309 e. The lowest BCUT2D eigenvalue weighted by Crippen LogP contribution is -2.26. The van der Waals surface area contributed by atoms with Gasteiger partial charge >= 0.3 is 5.97 Å². The molecule has 100 valence electrons. The third-order valence-corrected chi connectivity index (χ3v) is 2.97. The fourth-order valence-electron chi connectivity index (χ4n) is 1.51. The first-order chi connectivity index (χ1) is 8.36. The average Bonchev–Trinajstić information content (AvgIpc) is 2.30. The van der Waals surface area contributed by atoms with Gasteiger partial charge in [-0.1, -0.05) is 6.92 Å². The second-order valence-electron chi connectivity index (χ2n) is 5.04. The van der Waals surface area contributed by atoms with Gasteiger partial charge in [-0.05, 0) is 45.7 Å². The molecular weight excluding hydrogens is 230 g/mol. The first kappa shape index (κ1) is 14.5. The van der Waals surface area contributed by atoms with Crippen molar-refractivity contribution >= 4 is 5.97 Å². The molecule has 1 heterocycles. The van der Waals surface area contributed by atoms with E-state index in [0.717, 1.165) is 23.6 Å². The standard InChI is InChI=1S/C14H21NO3/c1-5-11-12(7-6-10(2)15-11)18-9-8-14(3,4)13(16)17/h6-7H,5,8-9H2,1-4H3,(H,16,17). The number of nitrogens with zero attached hydrogens (tertiary/aromatic N) is 1. The second kappa shape index (κ2) is 5.85. The van der Waals surface area contributed by atoms with E-state index in [9.17, 15) is 4.79 Å². The highest BCUT2D eigenvalue weighted by Crippen LogP contribution is 2.22. The minimum atomic E-state index is -0.802. The zero-order valence-electron chi connectivity index (χ0n) is 11.5. The molecular formula is C14H21NO3. The lowest BCUT2D eigenvalue weighted by molar-refractivity contribution is -0.147. The Bertz CT molecular complexity index is 427. The molecule has 1 aromatic heterocycles. The van der Waals surface area contributed by atoms with E-state index in [-0.39, 0.29) is 0 Å². The fraction of sp³-hybridized carbons (Fsp3) is 0.571. The molecule has 0 aromatic carbocycles. The third kappa shape index (κ3) is 3.72. The largest absolute Gasteiger partial charge is 0.492 e. The summed E-state index contributed by atoms with van der Waals surface area (Å²) >= 11 is 0. The number of carboxylic acid groups (broad SMARTS) is 1. The maximum Gasteiger partial charge on any atom is 0.309 e. The summed E-state index contributed by atoms with van der Waals surface area (Å²) in [6.45, 7) is 7.75. The van der Waals surface area contributed by atoms with Crippen LogP contribution >= 0.6 is 0 Å². The molecule has 0 aliphatic heterocycles. The number of aromatic nitrogens is 1. The molecule has 0 fully saturated rings. The maximum atomic E-state index is 11.0. The van der Waals surface area contributed by atoms with Crippen molar-refractivity contribution in [2.45, 2.75) is 40.5 Å². The Balaban J connectivity index is 2.62. The monoisotopic (exact) mass is 251 g/mol. The molecule has 1 N–H and O–H groups in total. The van der Waals surface area contributed by atoms with Crippen LogP contribution < -0.4 is 4.74 Å². The normalized spacial score (nSPS) is 11.3. The molecule has 1 rings (SSSR count). The minimum absolute atomic E-state index is 0.386. The highest BCUT2D eigenvalue weighted by atomic mass is 16.5. The molecule has 4 nitrogen and oxygen atoms in total. The van der Waals surface area contributed by atoms with Crippen LogP contribution in [0.15, 0.2) is 12.1 Å². The van der Waals surface area contributed by atoms with Crippen molar-refractivity contribution in [2.24, 2.45) is 5.41 Å². The fourth-order valence-corrected chi connectivity index (χ4v) is 1.51. The summed E-state index contributed by atoms with van der Waals surface area (Å²) < 4.78 is 5.64. The Morgan fingerprint density at radius 1 is 1.44 bits per heavy atom. The molecule has 4 heteroatoms. The molecule has 0 unspecified atom stereocenters. The van der Waals surface area contributed by atoms with E-state index >= 15 is 0 Å². The van der Waals surface area contributed by atoms with E-state index in [4.69, 9.17) is 9.84 Å². The summed E-state index contributed by atoms with van der Waals surface area (Å²) in [7, 11) is 0. The molecule has 0 saturated carbocycles. The highest BCUT2D eigenvalue weighted by Gasteiger charge is 2.26. The van der Waals surface area contributed by atoms with Gasteiger partial charge in [0, 0.05) is 5.69 Å². The van der Waals surface area contributed by atoms with Gasteiger partial charge in [-0.15, -0.1) is 0 Å². The topological polar surface area (TPSA) is 59.4 Å². The van der Waals surface area contributed by atoms with Gasteiger partial charge in [0.05, 0.1) is 17.7 Å². The minimum Gasteiger partial charge on any atom is -0.492 e. The van der Waals surface area contributed by atoms with E-state index in [1.807, 2.05) is 26.0 Å². The van der Waals surface area contributed by atoms with Crippen LogP contribution in [-0.4, -0.2) is 22.7 Å². The predicted molar refractivity (Wildman–Crippen MR) is 69.9 cm³/mol.